The minimum absolute atomic E-state index is 0.0604. The lowest BCUT2D eigenvalue weighted by molar-refractivity contribution is -0.123. The fraction of sp³-hybridized carbons (Fsp3) is 0.533. The van der Waals surface area contributed by atoms with Crippen molar-refractivity contribution in [1.29, 1.82) is 0 Å². The Labute approximate surface area is 119 Å². The van der Waals surface area contributed by atoms with Crippen molar-refractivity contribution in [1.82, 2.24) is 5.32 Å². The fourth-order valence-corrected chi connectivity index (χ4v) is 2.15. The topological polar surface area (TPSA) is 59.6 Å². The van der Waals surface area contributed by atoms with Gasteiger partial charge in [-0.05, 0) is 31.5 Å². The Kier molecular flexibility index (Phi) is 5.52. The molecule has 0 saturated carbocycles. The number of rotatable bonds is 5. The van der Waals surface area contributed by atoms with E-state index in [1.54, 1.807) is 0 Å². The van der Waals surface area contributed by atoms with E-state index in [2.05, 4.69) is 10.6 Å². The molecule has 0 aromatic heterocycles. The number of anilines is 1. The highest BCUT2D eigenvalue weighted by Crippen LogP contribution is 2.12. The number of nitrogens with one attached hydrogen (secondary N) is 2. The second-order valence-corrected chi connectivity index (χ2v) is 4.83. The molecule has 1 aromatic rings. The maximum absolute atomic E-state index is 12.2. The summed E-state index contributed by atoms with van der Waals surface area (Å²) in [7, 11) is 0. The highest BCUT2D eigenvalue weighted by Gasteiger charge is 2.28. The van der Waals surface area contributed by atoms with Crippen molar-refractivity contribution in [2.24, 2.45) is 0 Å². The Balaban J connectivity index is 1.90. The molecule has 2 rings (SSSR count). The van der Waals surface area contributed by atoms with E-state index in [-0.39, 0.29) is 18.1 Å². The Hall–Kier alpha value is -1.43. The molecule has 1 amide bonds. The van der Waals surface area contributed by atoms with Gasteiger partial charge in [0, 0.05) is 18.8 Å². The van der Waals surface area contributed by atoms with E-state index < -0.39 is 0 Å². The van der Waals surface area contributed by atoms with Gasteiger partial charge in [-0.15, -0.1) is 0 Å². The van der Waals surface area contributed by atoms with E-state index in [9.17, 15) is 4.79 Å². The zero-order valence-corrected chi connectivity index (χ0v) is 12.0. The molecular formula is C15H22N2O3. The van der Waals surface area contributed by atoms with Crippen LogP contribution in [0.3, 0.4) is 0 Å². The number of benzene rings is 1. The molecule has 0 unspecified atom stereocenters. The van der Waals surface area contributed by atoms with E-state index in [0.29, 0.717) is 26.4 Å². The number of hydrogen-bond acceptors (Lipinski definition) is 4. The zero-order valence-electron chi connectivity index (χ0n) is 12.0. The number of amides is 1. The van der Waals surface area contributed by atoms with Crippen LogP contribution in [0.25, 0.3) is 0 Å². The van der Waals surface area contributed by atoms with Crippen molar-refractivity contribution in [3.8, 4) is 0 Å². The molecule has 1 fully saturated rings. The van der Waals surface area contributed by atoms with Crippen LogP contribution >= 0.6 is 0 Å². The monoisotopic (exact) mass is 278 g/mol. The molecule has 1 aliphatic heterocycles. The first kappa shape index (κ1) is 15.0. The number of ether oxygens (including phenoxy) is 2. The summed E-state index contributed by atoms with van der Waals surface area (Å²) in [5.74, 6) is -0.0604. The molecule has 2 atom stereocenters. The van der Waals surface area contributed by atoms with Crippen molar-refractivity contribution < 1.29 is 14.3 Å². The van der Waals surface area contributed by atoms with Gasteiger partial charge in [0.2, 0.25) is 5.91 Å². The second-order valence-electron chi connectivity index (χ2n) is 4.83. The van der Waals surface area contributed by atoms with Gasteiger partial charge in [0.1, 0.15) is 6.04 Å². The average molecular weight is 278 g/mol. The summed E-state index contributed by atoms with van der Waals surface area (Å²) in [5.41, 5.74) is 1.88. The third kappa shape index (κ3) is 4.03. The molecule has 1 aliphatic rings. The highest BCUT2D eigenvalue weighted by atomic mass is 16.5. The summed E-state index contributed by atoms with van der Waals surface area (Å²) in [4.78, 5) is 12.2. The first-order chi connectivity index (χ1) is 9.70. The molecule has 1 heterocycles. The van der Waals surface area contributed by atoms with Crippen molar-refractivity contribution >= 4 is 11.6 Å². The third-order valence-corrected chi connectivity index (χ3v) is 3.29. The van der Waals surface area contributed by atoms with Gasteiger partial charge < -0.3 is 20.1 Å². The lowest BCUT2D eigenvalue weighted by atomic mass is 10.1. The number of morpholine rings is 1. The van der Waals surface area contributed by atoms with Crippen LogP contribution in [0.15, 0.2) is 24.3 Å². The van der Waals surface area contributed by atoms with Crippen LogP contribution in [0.4, 0.5) is 5.69 Å². The summed E-state index contributed by atoms with van der Waals surface area (Å²) in [5, 5.41) is 6.07. The maximum atomic E-state index is 12.2. The number of carbonyl (C=O) groups is 1. The van der Waals surface area contributed by atoms with Gasteiger partial charge in [0.15, 0.2) is 0 Å². The van der Waals surface area contributed by atoms with E-state index in [4.69, 9.17) is 9.47 Å². The summed E-state index contributed by atoms with van der Waals surface area (Å²) >= 11 is 0. The Morgan fingerprint density at radius 1 is 1.45 bits per heavy atom. The quantitative estimate of drug-likeness (QED) is 0.857. The van der Waals surface area contributed by atoms with Crippen LogP contribution < -0.4 is 10.6 Å². The molecule has 20 heavy (non-hydrogen) atoms. The molecule has 5 nitrogen and oxygen atoms in total. The maximum Gasteiger partial charge on any atom is 0.244 e. The minimum atomic E-state index is -0.299. The predicted molar refractivity (Wildman–Crippen MR) is 77.6 cm³/mol. The van der Waals surface area contributed by atoms with Gasteiger partial charge in [-0.2, -0.15) is 0 Å². The normalized spacial score (nSPS) is 22.5. The van der Waals surface area contributed by atoms with Gasteiger partial charge in [-0.25, -0.2) is 0 Å². The molecule has 0 radical (unpaired) electrons. The average Bonchev–Trinajstić information content (AvgIpc) is 2.47. The Bertz CT molecular complexity index is 433. The van der Waals surface area contributed by atoms with Gasteiger partial charge in [0.25, 0.3) is 0 Å². The van der Waals surface area contributed by atoms with Gasteiger partial charge in [-0.3, -0.25) is 4.79 Å². The highest BCUT2D eigenvalue weighted by molar-refractivity contribution is 5.95. The Morgan fingerprint density at radius 3 is 2.85 bits per heavy atom. The summed E-state index contributed by atoms with van der Waals surface area (Å²) < 4.78 is 10.8. The largest absolute Gasteiger partial charge is 0.377 e. The molecule has 5 heteroatoms. The molecule has 110 valence electrons. The molecule has 1 saturated heterocycles. The molecular weight excluding hydrogens is 256 g/mol. The minimum Gasteiger partial charge on any atom is -0.377 e. The van der Waals surface area contributed by atoms with E-state index in [1.165, 1.54) is 0 Å². The van der Waals surface area contributed by atoms with Crippen LogP contribution in [0, 0.1) is 0 Å². The number of carbonyl (C=O) groups excluding carboxylic acids is 1. The SMILES string of the molecule is CCOCc1ccc(NC(=O)[C@H]2NCCO[C@@H]2C)cc1. The second kappa shape index (κ2) is 7.38. The van der Waals surface area contributed by atoms with E-state index in [1.807, 2.05) is 38.1 Å². The van der Waals surface area contributed by atoms with Crippen molar-refractivity contribution in [3.05, 3.63) is 29.8 Å². The van der Waals surface area contributed by atoms with Crippen LogP contribution in [-0.4, -0.2) is 37.8 Å². The fourth-order valence-electron chi connectivity index (χ4n) is 2.15. The van der Waals surface area contributed by atoms with Gasteiger partial charge in [0.05, 0.1) is 19.3 Å². The number of hydrogen-bond donors (Lipinski definition) is 2. The van der Waals surface area contributed by atoms with Crippen LogP contribution in [0.2, 0.25) is 0 Å². The van der Waals surface area contributed by atoms with E-state index in [0.717, 1.165) is 11.3 Å². The molecule has 2 N–H and O–H groups in total. The van der Waals surface area contributed by atoms with Crippen molar-refractivity contribution in [2.45, 2.75) is 32.6 Å². The van der Waals surface area contributed by atoms with Gasteiger partial charge in [-0.1, -0.05) is 12.1 Å². The van der Waals surface area contributed by atoms with Gasteiger partial charge >= 0.3 is 0 Å². The summed E-state index contributed by atoms with van der Waals surface area (Å²) in [6, 6.07) is 7.40. The first-order valence-corrected chi connectivity index (χ1v) is 7.03. The van der Waals surface area contributed by atoms with Crippen LogP contribution in [0.1, 0.15) is 19.4 Å². The van der Waals surface area contributed by atoms with Crippen molar-refractivity contribution in [2.75, 3.05) is 25.1 Å². The van der Waals surface area contributed by atoms with Crippen LogP contribution in [0.5, 0.6) is 0 Å². The van der Waals surface area contributed by atoms with Crippen LogP contribution in [-0.2, 0) is 20.9 Å². The zero-order chi connectivity index (χ0) is 14.4. The molecule has 0 aliphatic carbocycles. The third-order valence-electron chi connectivity index (χ3n) is 3.29. The standard InChI is InChI=1S/C15H22N2O3/c1-3-19-10-12-4-6-13(7-5-12)17-15(18)14-11(2)20-9-8-16-14/h4-7,11,14,16H,3,8-10H2,1-2H3,(H,17,18)/t11-,14+/m1/s1. The summed E-state index contributed by atoms with van der Waals surface area (Å²) in [6.45, 7) is 6.52. The smallest absolute Gasteiger partial charge is 0.244 e. The molecule has 1 aromatic carbocycles. The van der Waals surface area contributed by atoms with E-state index >= 15 is 0 Å². The van der Waals surface area contributed by atoms with Crippen molar-refractivity contribution in [3.63, 3.8) is 0 Å². The molecule has 0 bridgehead atoms. The Morgan fingerprint density at radius 2 is 2.20 bits per heavy atom. The lowest BCUT2D eigenvalue weighted by Crippen LogP contribution is -2.53. The predicted octanol–water partition coefficient (Wildman–Crippen LogP) is 1.54. The lowest BCUT2D eigenvalue weighted by Gasteiger charge is -2.29. The first-order valence-electron chi connectivity index (χ1n) is 7.03. The molecule has 0 spiro atoms. The summed E-state index contributed by atoms with van der Waals surface area (Å²) in [6.07, 6.45) is -0.110.